The topological polar surface area (TPSA) is 87.7 Å². The average molecular weight is 292 g/mol. The molecule has 1 atom stereocenters. The lowest BCUT2D eigenvalue weighted by Crippen LogP contribution is -2.31. The van der Waals surface area contributed by atoms with Crippen molar-refractivity contribution in [1.29, 1.82) is 0 Å². The number of aliphatic hydroxyl groups is 1. The fourth-order valence-corrected chi connectivity index (χ4v) is 1.41. The first-order valence-corrected chi connectivity index (χ1v) is 6.96. The third-order valence-corrected chi connectivity index (χ3v) is 2.57. The Labute approximate surface area is 119 Å². The highest BCUT2D eigenvalue weighted by molar-refractivity contribution is 5.76. The van der Waals surface area contributed by atoms with Crippen LogP contribution in [0.2, 0.25) is 0 Å². The van der Waals surface area contributed by atoms with Crippen LogP contribution in [0, 0.1) is 0 Å². The maximum atomic E-state index is 13.2. The number of unbranched alkanes of at least 4 members (excludes halogenated alkanes) is 2. The van der Waals surface area contributed by atoms with Crippen molar-refractivity contribution in [3.63, 3.8) is 0 Å². The van der Waals surface area contributed by atoms with Crippen LogP contribution in [0.1, 0.15) is 32.6 Å². The number of amides is 2. The summed E-state index contributed by atoms with van der Waals surface area (Å²) in [5, 5.41) is 13.5. The molecule has 0 aromatic rings. The van der Waals surface area contributed by atoms with Crippen molar-refractivity contribution in [1.82, 2.24) is 10.6 Å². The summed E-state index contributed by atoms with van der Waals surface area (Å²) in [5.41, 5.74) is 0. The fourth-order valence-electron chi connectivity index (χ4n) is 1.41. The number of alkyl halides is 1. The van der Waals surface area contributed by atoms with Crippen LogP contribution in [0.5, 0.6) is 0 Å². The van der Waals surface area contributed by atoms with E-state index in [0.717, 1.165) is 19.3 Å². The molecular formula is C13H25FN2O4. The van der Waals surface area contributed by atoms with Crippen molar-refractivity contribution in [3.8, 4) is 0 Å². The maximum absolute atomic E-state index is 13.2. The minimum Gasteiger partial charge on any atom is -0.387 e. The van der Waals surface area contributed by atoms with E-state index < -0.39 is 12.8 Å². The smallest absolute Gasteiger partial charge is 0.245 e. The molecule has 3 N–H and O–H groups in total. The van der Waals surface area contributed by atoms with Gasteiger partial charge in [-0.2, -0.15) is 0 Å². The molecule has 0 saturated heterocycles. The van der Waals surface area contributed by atoms with Crippen molar-refractivity contribution in [2.24, 2.45) is 0 Å². The molecule has 1 unspecified atom stereocenters. The van der Waals surface area contributed by atoms with Crippen molar-refractivity contribution in [2.75, 3.05) is 32.9 Å². The van der Waals surface area contributed by atoms with Gasteiger partial charge in [0.05, 0.1) is 13.2 Å². The number of halogens is 1. The molecule has 0 aromatic heterocycles. The second kappa shape index (κ2) is 12.8. The van der Waals surface area contributed by atoms with E-state index in [1.807, 2.05) is 0 Å². The Hall–Kier alpha value is -1.21. The van der Waals surface area contributed by atoms with Gasteiger partial charge in [0.15, 0.2) is 0 Å². The number of ether oxygens (including phenoxy) is 1. The molecule has 0 radical (unpaired) electrons. The predicted molar refractivity (Wildman–Crippen MR) is 73.0 cm³/mol. The second-order valence-electron chi connectivity index (χ2n) is 4.40. The monoisotopic (exact) mass is 292 g/mol. The van der Waals surface area contributed by atoms with Gasteiger partial charge < -0.3 is 20.5 Å². The van der Waals surface area contributed by atoms with Gasteiger partial charge in [-0.3, -0.25) is 9.59 Å². The van der Waals surface area contributed by atoms with Gasteiger partial charge in [-0.1, -0.05) is 6.92 Å². The number of hydrogen-bond acceptors (Lipinski definition) is 4. The van der Waals surface area contributed by atoms with Gasteiger partial charge >= 0.3 is 0 Å². The summed E-state index contributed by atoms with van der Waals surface area (Å²) in [6.45, 7) is 2.16. The molecule has 0 fully saturated rings. The zero-order valence-electron chi connectivity index (χ0n) is 12.0. The van der Waals surface area contributed by atoms with Gasteiger partial charge in [0.2, 0.25) is 11.8 Å². The molecule has 0 bridgehead atoms. The first-order valence-electron chi connectivity index (χ1n) is 6.96. The minimum atomic E-state index is -1.19. The molecule has 0 aliphatic carbocycles. The lowest BCUT2D eigenvalue weighted by Gasteiger charge is -2.10. The highest BCUT2D eigenvalue weighted by atomic mass is 19.1. The summed E-state index contributed by atoms with van der Waals surface area (Å²) >= 11 is 0. The van der Waals surface area contributed by atoms with E-state index in [1.54, 1.807) is 6.92 Å². The third kappa shape index (κ3) is 11.9. The molecule has 20 heavy (non-hydrogen) atoms. The molecule has 0 rings (SSSR count). The minimum absolute atomic E-state index is 0.0140. The van der Waals surface area contributed by atoms with Crippen LogP contribution in [-0.4, -0.2) is 56.0 Å². The number of aliphatic hydroxyl groups excluding tert-OH is 1. The first kappa shape index (κ1) is 18.8. The summed E-state index contributed by atoms with van der Waals surface area (Å²) in [4.78, 5) is 21.6. The summed E-state index contributed by atoms with van der Waals surface area (Å²) in [6, 6.07) is 0. The lowest BCUT2D eigenvalue weighted by molar-refractivity contribution is -0.124. The number of nitrogens with one attached hydrogen (secondary N) is 2. The van der Waals surface area contributed by atoms with Crippen LogP contribution >= 0.6 is 0 Å². The molecule has 0 spiro atoms. The molecule has 118 valence electrons. The summed E-state index contributed by atoms with van der Waals surface area (Å²) in [6.07, 6.45) is 1.59. The molecule has 2 amide bonds. The Morgan fingerprint density at radius 2 is 1.95 bits per heavy atom. The van der Waals surface area contributed by atoms with E-state index in [9.17, 15) is 14.0 Å². The summed E-state index contributed by atoms with van der Waals surface area (Å²) in [7, 11) is 0. The fraction of sp³-hybridized carbons (Fsp3) is 0.846. The SMILES string of the molecule is CCC(=O)NCC(F)COCCCCCNC(=O)CO. The van der Waals surface area contributed by atoms with Crippen molar-refractivity contribution in [3.05, 3.63) is 0 Å². The largest absolute Gasteiger partial charge is 0.387 e. The standard InChI is InChI=1S/C13H25FN2O4/c1-2-12(18)16-8-11(14)10-20-7-5-3-4-6-15-13(19)9-17/h11,17H,2-10H2,1H3,(H,15,19)(H,16,18). The molecule has 0 aromatic carbocycles. The van der Waals surface area contributed by atoms with Gasteiger partial charge in [-0.05, 0) is 19.3 Å². The normalized spacial score (nSPS) is 11.9. The Bertz CT molecular complexity index is 277. The van der Waals surface area contributed by atoms with E-state index in [1.165, 1.54) is 0 Å². The van der Waals surface area contributed by atoms with Crippen LogP contribution in [-0.2, 0) is 14.3 Å². The quantitative estimate of drug-likeness (QED) is 0.447. The molecule has 6 nitrogen and oxygen atoms in total. The lowest BCUT2D eigenvalue weighted by atomic mass is 10.2. The molecule has 0 aliphatic rings. The van der Waals surface area contributed by atoms with E-state index in [2.05, 4.69) is 10.6 Å². The number of carbonyl (C=O) groups is 2. The van der Waals surface area contributed by atoms with E-state index in [-0.39, 0.29) is 25.0 Å². The van der Waals surface area contributed by atoms with Gasteiger partial charge in [0.1, 0.15) is 12.8 Å². The van der Waals surface area contributed by atoms with Gasteiger partial charge in [0, 0.05) is 19.6 Å². The molecule has 0 aliphatic heterocycles. The molecule has 0 saturated carbocycles. The Morgan fingerprint density at radius 1 is 1.20 bits per heavy atom. The van der Waals surface area contributed by atoms with Crippen LogP contribution < -0.4 is 10.6 Å². The second-order valence-corrected chi connectivity index (χ2v) is 4.40. The van der Waals surface area contributed by atoms with E-state index in [4.69, 9.17) is 9.84 Å². The van der Waals surface area contributed by atoms with Crippen molar-refractivity contribution in [2.45, 2.75) is 38.8 Å². The first-order chi connectivity index (χ1) is 9.60. The zero-order valence-corrected chi connectivity index (χ0v) is 12.0. The number of carbonyl (C=O) groups excluding carboxylic acids is 2. The van der Waals surface area contributed by atoms with Crippen molar-refractivity contribution >= 4 is 11.8 Å². The van der Waals surface area contributed by atoms with Crippen LogP contribution in [0.3, 0.4) is 0 Å². The van der Waals surface area contributed by atoms with Crippen LogP contribution in [0.4, 0.5) is 4.39 Å². The van der Waals surface area contributed by atoms with E-state index >= 15 is 0 Å². The zero-order chi connectivity index (χ0) is 15.2. The maximum Gasteiger partial charge on any atom is 0.245 e. The third-order valence-electron chi connectivity index (χ3n) is 2.57. The summed E-state index contributed by atoms with van der Waals surface area (Å²) < 4.78 is 18.4. The van der Waals surface area contributed by atoms with Crippen LogP contribution in [0.25, 0.3) is 0 Å². The average Bonchev–Trinajstić information content (AvgIpc) is 2.46. The Morgan fingerprint density at radius 3 is 2.60 bits per heavy atom. The highest BCUT2D eigenvalue weighted by Crippen LogP contribution is 1.97. The van der Waals surface area contributed by atoms with Gasteiger partial charge in [0.25, 0.3) is 0 Å². The number of hydrogen-bond donors (Lipinski definition) is 3. The van der Waals surface area contributed by atoms with Crippen LogP contribution in [0.15, 0.2) is 0 Å². The Kier molecular flexibility index (Phi) is 12.0. The van der Waals surface area contributed by atoms with Crippen molar-refractivity contribution < 1.29 is 23.8 Å². The Balaban J connectivity index is 3.27. The van der Waals surface area contributed by atoms with E-state index in [0.29, 0.717) is 19.6 Å². The number of rotatable bonds is 12. The molecular weight excluding hydrogens is 267 g/mol. The summed E-state index contributed by atoms with van der Waals surface area (Å²) in [5.74, 6) is -0.548. The van der Waals surface area contributed by atoms with Gasteiger partial charge in [-0.25, -0.2) is 4.39 Å². The molecule has 7 heteroatoms. The predicted octanol–water partition coefficient (Wildman–Crippen LogP) is 0.146. The van der Waals surface area contributed by atoms with Gasteiger partial charge in [-0.15, -0.1) is 0 Å². The molecule has 0 heterocycles. The highest BCUT2D eigenvalue weighted by Gasteiger charge is 2.07.